The van der Waals surface area contributed by atoms with Gasteiger partial charge in [0.2, 0.25) is 10.0 Å². The highest BCUT2D eigenvalue weighted by Gasteiger charge is 2.18. The van der Waals surface area contributed by atoms with Gasteiger partial charge in [0, 0.05) is 22.8 Å². The minimum Gasteiger partial charge on any atom is -0.315 e. The maximum absolute atomic E-state index is 12.0. The molecule has 0 aliphatic rings. The van der Waals surface area contributed by atoms with Gasteiger partial charge in [0.15, 0.2) is 0 Å². The standard InChI is InChI=1S/C11H20N2O2S2/c1-4-5-9(2)13-17(14,15)11-6-10(7-12-3)16-8-11/h6,8-9,12-13H,4-5,7H2,1-3H3. The van der Waals surface area contributed by atoms with Crippen LogP contribution >= 0.6 is 11.3 Å². The number of hydrogen-bond donors (Lipinski definition) is 2. The molecule has 1 rings (SSSR count). The molecule has 1 aromatic rings. The molecule has 1 unspecified atom stereocenters. The maximum Gasteiger partial charge on any atom is 0.241 e. The van der Waals surface area contributed by atoms with Crippen LogP contribution in [0.2, 0.25) is 0 Å². The average molecular weight is 276 g/mol. The lowest BCUT2D eigenvalue weighted by molar-refractivity contribution is 0.544. The van der Waals surface area contributed by atoms with Gasteiger partial charge in [-0.3, -0.25) is 0 Å². The van der Waals surface area contributed by atoms with Crippen LogP contribution in [0, 0.1) is 0 Å². The van der Waals surface area contributed by atoms with Gasteiger partial charge in [-0.05, 0) is 26.5 Å². The third-order valence-electron chi connectivity index (χ3n) is 2.37. The molecule has 2 N–H and O–H groups in total. The Morgan fingerprint density at radius 1 is 1.47 bits per heavy atom. The average Bonchev–Trinajstić information content (AvgIpc) is 2.67. The van der Waals surface area contributed by atoms with Crippen molar-refractivity contribution in [2.75, 3.05) is 7.05 Å². The van der Waals surface area contributed by atoms with Crippen molar-refractivity contribution in [3.63, 3.8) is 0 Å². The van der Waals surface area contributed by atoms with Crippen molar-refractivity contribution in [3.8, 4) is 0 Å². The van der Waals surface area contributed by atoms with Crippen LogP contribution in [-0.4, -0.2) is 21.5 Å². The van der Waals surface area contributed by atoms with E-state index in [1.54, 1.807) is 11.4 Å². The van der Waals surface area contributed by atoms with Crippen molar-refractivity contribution in [2.24, 2.45) is 0 Å². The predicted octanol–water partition coefficient (Wildman–Crippen LogP) is 1.93. The van der Waals surface area contributed by atoms with Crippen LogP contribution < -0.4 is 10.0 Å². The van der Waals surface area contributed by atoms with Gasteiger partial charge in [0.25, 0.3) is 0 Å². The lowest BCUT2D eigenvalue weighted by Gasteiger charge is -2.11. The summed E-state index contributed by atoms with van der Waals surface area (Å²) in [6.45, 7) is 4.63. The first-order valence-electron chi connectivity index (χ1n) is 5.74. The summed E-state index contributed by atoms with van der Waals surface area (Å²) in [6.07, 6.45) is 1.82. The van der Waals surface area contributed by atoms with Gasteiger partial charge in [-0.25, -0.2) is 13.1 Å². The Labute approximate surface area is 107 Å². The van der Waals surface area contributed by atoms with Gasteiger partial charge in [-0.1, -0.05) is 13.3 Å². The third-order valence-corrected chi connectivity index (χ3v) is 5.02. The van der Waals surface area contributed by atoms with E-state index in [4.69, 9.17) is 0 Å². The number of nitrogens with one attached hydrogen (secondary N) is 2. The molecule has 0 amide bonds. The van der Waals surface area contributed by atoms with Crippen molar-refractivity contribution < 1.29 is 8.42 Å². The van der Waals surface area contributed by atoms with E-state index in [9.17, 15) is 8.42 Å². The summed E-state index contributed by atoms with van der Waals surface area (Å²) in [7, 11) is -1.50. The summed E-state index contributed by atoms with van der Waals surface area (Å²) in [4.78, 5) is 1.40. The first kappa shape index (κ1) is 14.6. The monoisotopic (exact) mass is 276 g/mol. The third kappa shape index (κ3) is 4.39. The maximum atomic E-state index is 12.0. The van der Waals surface area contributed by atoms with Gasteiger partial charge < -0.3 is 5.32 Å². The first-order chi connectivity index (χ1) is 7.99. The second kappa shape index (κ2) is 6.49. The molecule has 1 aromatic heterocycles. The Balaban J connectivity index is 2.75. The minimum atomic E-state index is -3.35. The van der Waals surface area contributed by atoms with E-state index >= 15 is 0 Å². The molecule has 0 spiro atoms. The van der Waals surface area contributed by atoms with Gasteiger partial charge in [0.05, 0.1) is 4.90 Å². The van der Waals surface area contributed by atoms with Gasteiger partial charge >= 0.3 is 0 Å². The lowest BCUT2D eigenvalue weighted by atomic mass is 10.2. The lowest BCUT2D eigenvalue weighted by Crippen LogP contribution is -2.32. The highest BCUT2D eigenvalue weighted by Crippen LogP contribution is 2.19. The van der Waals surface area contributed by atoms with E-state index in [0.717, 1.165) is 17.7 Å². The number of hydrogen-bond acceptors (Lipinski definition) is 4. The summed E-state index contributed by atoms with van der Waals surface area (Å²) >= 11 is 1.46. The molecule has 1 heterocycles. The quantitative estimate of drug-likeness (QED) is 0.800. The fraction of sp³-hybridized carbons (Fsp3) is 0.636. The summed E-state index contributed by atoms with van der Waals surface area (Å²) in [5.41, 5.74) is 0. The molecular formula is C11H20N2O2S2. The molecule has 0 saturated heterocycles. The van der Waals surface area contributed by atoms with E-state index in [0.29, 0.717) is 11.4 Å². The van der Waals surface area contributed by atoms with Crippen LogP contribution in [0.4, 0.5) is 0 Å². The molecule has 4 nitrogen and oxygen atoms in total. The molecule has 0 bridgehead atoms. The first-order valence-corrected chi connectivity index (χ1v) is 8.10. The van der Waals surface area contributed by atoms with Crippen molar-refractivity contribution >= 4 is 21.4 Å². The van der Waals surface area contributed by atoms with Crippen molar-refractivity contribution in [3.05, 3.63) is 16.3 Å². The second-order valence-electron chi connectivity index (χ2n) is 4.09. The number of rotatable bonds is 7. The van der Waals surface area contributed by atoms with Gasteiger partial charge in [-0.2, -0.15) is 0 Å². The van der Waals surface area contributed by atoms with Crippen molar-refractivity contribution in [1.82, 2.24) is 10.0 Å². The van der Waals surface area contributed by atoms with Crippen LogP contribution in [0.1, 0.15) is 31.6 Å². The van der Waals surface area contributed by atoms with Crippen molar-refractivity contribution in [2.45, 2.75) is 44.2 Å². The molecule has 1 atom stereocenters. The van der Waals surface area contributed by atoms with Crippen LogP contribution in [0.25, 0.3) is 0 Å². The molecular weight excluding hydrogens is 256 g/mol. The van der Waals surface area contributed by atoms with E-state index < -0.39 is 10.0 Å². The highest BCUT2D eigenvalue weighted by atomic mass is 32.2. The zero-order chi connectivity index (χ0) is 12.9. The highest BCUT2D eigenvalue weighted by molar-refractivity contribution is 7.89. The molecule has 0 saturated carbocycles. The largest absolute Gasteiger partial charge is 0.315 e. The Hall–Kier alpha value is -0.430. The smallest absolute Gasteiger partial charge is 0.241 e. The number of thiophene rings is 1. The van der Waals surface area contributed by atoms with E-state index in [1.807, 2.05) is 20.9 Å². The molecule has 0 radical (unpaired) electrons. The van der Waals surface area contributed by atoms with Crippen molar-refractivity contribution in [1.29, 1.82) is 0 Å². The fourth-order valence-corrected chi connectivity index (χ4v) is 4.16. The number of sulfonamides is 1. The Bertz CT molecular complexity index is 440. The van der Waals surface area contributed by atoms with E-state index in [2.05, 4.69) is 10.0 Å². The normalized spacial score (nSPS) is 13.8. The molecule has 98 valence electrons. The van der Waals surface area contributed by atoms with Gasteiger partial charge in [-0.15, -0.1) is 11.3 Å². The topological polar surface area (TPSA) is 58.2 Å². The summed E-state index contributed by atoms with van der Waals surface area (Å²) < 4.78 is 26.7. The molecule has 0 aliphatic carbocycles. The summed E-state index contributed by atoms with van der Waals surface area (Å²) in [6, 6.07) is 1.71. The van der Waals surface area contributed by atoms with Crippen LogP contribution in [0.3, 0.4) is 0 Å². The molecule has 17 heavy (non-hydrogen) atoms. The predicted molar refractivity (Wildman–Crippen MR) is 71.8 cm³/mol. The fourth-order valence-electron chi connectivity index (χ4n) is 1.59. The Morgan fingerprint density at radius 2 is 2.18 bits per heavy atom. The SMILES string of the molecule is CCCC(C)NS(=O)(=O)c1csc(CNC)c1. The molecule has 0 aliphatic heterocycles. The summed E-state index contributed by atoms with van der Waals surface area (Å²) in [5, 5.41) is 4.69. The Kier molecular flexibility index (Phi) is 5.58. The zero-order valence-electron chi connectivity index (χ0n) is 10.5. The minimum absolute atomic E-state index is 0.0161. The molecule has 0 aromatic carbocycles. The molecule has 0 fully saturated rings. The van der Waals surface area contributed by atoms with E-state index in [-0.39, 0.29) is 6.04 Å². The van der Waals surface area contributed by atoms with Crippen LogP contribution in [0.15, 0.2) is 16.3 Å². The zero-order valence-corrected chi connectivity index (χ0v) is 12.1. The Morgan fingerprint density at radius 3 is 2.76 bits per heavy atom. The van der Waals surface area contributed by atoms with Crippen LogP contribution in [-0.2, 0) is 16.6 Å². The van der Waals surface area contributed by atoms with Crippen LogP contribution in [0.5, 0.6) is 0 Å². The summed E-state index contributed by atoms with van der Waals surface area (Å²) in [5.74, 6) is 0. The van der Waals surface area contributed by atoms with E-state index in [1.165, 1.54) is 11.3 Å². The van der Waals surface area contributed by atoms with Gasteiger partial charge in [0.1, 0.15) is 0 Å². The molecule has 6 heteroatoms. The second-order valence-corrected chi connectivity index (χ2v) is 6.80.